The molecule has 0 fully saturated rings. The first-order chi connectivity index (χ1) is 19.5. The highest BCUT2D eigenvalue weighted by Crippen LogP contribution is 2.26. The number of thiazole rings is 1. The van der Waals surface area contributed by atoms with Crippen molar-refractivity contribution in [1.82, 2.24) is 14.6 Å². The quantitative estimate of drug-likeness (QED) is 0.231. The molecule has 3 atom stereocenters. The van der Waals surface area contributed by atoms with Crippen molar-refractivity contribution in [3.63, 3.8) is 0 Å². The molecule has 0 spiro atoms. The van der Waals surface area contributed by atoms with E-state index in [1.54, 1.807) is 30.6 Å². The van der Waals surface area contributed by atoms with E-state index in [2.05, 4.69) is 10.3 Å². The first kappa shape index (κ1) is 32.7. The first-order valence-corrected chi connectivity index (χ1v) is 16.4. The molecule has 0 radical (unpaired) electrons. The Hall–Kier alpha value is -2.86. The molecule has 3 rings (SSSR count). The van der Waals surface area contributed by atoms with E-state index in [-0.39, 0.29) is 36.1 Å². The summed E-state index contributed by atoms with van der Waals surface area (Å²) in [6.45, 7) is 7.24. The second kappa shape index (κ2) is 15.4. The van der Waals surface area contributed by atoms with Gasteiger partial charge in [-0.15, -0.1) is 11.3 Å². The minimum absolute atomic E-state index is 0.00601. The van der Waals surface area contributed by atoms with Crippen molar-refractivity contribution < 1.29 is 27.9 Å². The number of fused-ring (bicyclic) bond motifs is 1. The highest BCUT2D eigenvalue weighted by Gasteiger charge is 2.32. The Morgan fingerprint density at radius 2 is 1.80 bits per heavy atom. The van der Waals surface area contributed by atoms with Crippen LogP contribution in [0.3, 0.4) is 0 Å². The normalized spacial score (nSPS) is 14.2. The number of sulfonamides is 1. The summed E-state index contributed by atoms with van der Waals surface area (Å²) in [5.74, 6) is 0.100. The van der Waals surface area contributed by atoms with Gasteiger partial charge in [-0.3, -0.25) is 0 Å². The molecule has 9 nitrogen and oxygen atoms in total. The number of carbonyl (C=O) groups is 2. The molecule has 1 amide bonds. The van der Waals surface area contributed by atoms with Crippen LogP contribution >= 0.6 is 11.3 Å². The molecule has 0 aliphatic carbocycles. The van der Waals surface area contributed by atoms with Crippen molar-refractivity contribution in [2.45, 2.75) is 82.9 Å². The number of ketones is 1. The predicted octanol–water partition coefficient (Wildman–Crippen LogP) is 5.18. The highest BCUT2D eigenvalue weighted by molar-refractivity contribution is 7.89. The summed E-state index contributed by atoms with van der Waals surface area (Å²) in [6, 6.07) is 13.4. The van der Waals surface area contributed by atoms with Crippen LogP contribution in [-0.2, 0) is 26.0 Å². The van der Waals surface area contributed by atoms with Gasteiger partial charge in [-0.2, -0.15) is 4.31 Å². The van der Waals surface area contributed by atoms with Gasteiger partial charge in [0.05, 0.1) is 32.8 Å². The molecule has 2 N–H and O–H groups in total. The zero-order valence-corrected chi connectivity index (χ0v) is 25.8. The molecule has 41 heavy (non-hydrogen) atoms. The number of hydrogen-bond acceptors (Lipinski definition) is 8. The maximum absolute atomic E-state index is 13.9. The molecule has 11 heteroatoms. The summed E-state index contributed by atoms with van der Waals surface area (Å²) in [7, 11) is -3.97. The van der Waals surface area contributed by atoms with Gasteiger partial charge < -0.3 is 20.0 Å². The van der Waals surface area contributed by atoms with Crippen molar-refractivity contribution in [1.29, 1.82) is 0 Å². The molecule has 0 saturated carbocycles. The van der Waals surface area contributed by atoms with Crippen LogP contribution in [0.5, 0.6) is 0 Å². The van der Waals surface area contributed by atoms with E-state index in [0.29, 0.717) is 12.8 Å². The topological polar surface area (TPSA) is 126 Å². The van der Waals surface area contributed by atoms with Crippen molar-refractivity contribution in [3.8, 4) is 0 Å². The third kappa shape index (κ3) is 9.59. The van der Waals surface area contributed by atoms with Gasteiger partial charge in [0.25, 0.3) is 0 Å². The van der Waals surface area contributed by atoms with E-state index in [0.717, 1.165) is 28.6 Å². The van der Waals surface area contributed by atoms with Crippen LogP contribution in [0.4, 0.5) is 4.79 Å². The molecular weight excluding hydrogens is 562 g/mol. The Balaban J connectivity index is 1.86. The SMILES string of the molecule is CCC(CC)CN(C[C@@H](O)C(Cc1ccccc1)NC(=O)O[C@@H](C)CCC(C)=O)S(=O)(=O)c1ccc2ncsc2c1. The van der Waals surface area contributed by atoms with Crippen molar-refractivity contribution in [2.75, 3.05) is 13.1 Å². The van der Waals surface area contributed by atoms with E-state index in [4.69, 9.17) is 4.74 Å². The molecular formula is C30H41N3O6S2. The zero-order chi connectivity index (χ0) is 30.0. The third-order valence-corrected chi connectivity index (χ3v) is 9.84. The molecule has 1 heterocycles. The average Bonchev–Trinajstić information content (AvgIpc) is 3.42. The number of nitrogens with one attached hydrogen (secondary N) is 1. The Kier molecular flexibility index (Phi) is 12.3. The Labute approximate surface area is 247 Å². The Morgan fingerprint density at radius 1 is 1.10 bits per heavy atom. The number of carbonyl (C=O) groups excluding carboxylic acids is 2. The third-order valence-electron chi connectivity index (χ3n) is 7.23. The van der Waals surface area contributed by atoms with Crippen molar-refractivity contribution >= 4 is 43.5 Å². The lowest BCUT2D eigenvalue weighted by Crippen LogP contribution is -2.51. The van der Waals surface area contributed by atoms with E-state index < -0.39 is 34.4 Å². The predicted molar refractivity (Wildman–Crippen MR) is 161 cm³/mol. The maximum Gasteiger partial charge on any atom is 0.407 e. The molecule has 2 aromatic carbocycles. The molecule has 224 valence electrons. The summed E-state index contributed by atoms with van der Waals surface area (Å²) in [5.41, 5.74) is 3.27. The lowest BCUT2D eigenvalue weighted by molar-refractivity contribution is -0.117. The fourth-order valence-corrected chi connectivity index (χ4v) is 6.92. The number of alkyl carbamates (subject to hydrolysis) is 1. The minimum atomic E-state index is -3.97. The molecule has 0 saturated heterocycles. The number of aromatic nitrogens is 1. The number of Topliss-reactive ketones (excluding diaryl/α,β-unsaturated/α-hetero) is 1. The van der Waals surface area contributed by atoms with Gasteiger partial charge in [-0.1, -0.05) is 57.0 Å². The zero-order valence-electron chi connectivity index (χ0n) is 24.2. The number of aliphatic hydroxyl groups excluding tert-OH is 1. The van der Waals surface area contributed by atoms with Crippen LogP contribution in [0.15, 0.2) is 58.9 Å². The number of hydrogen-bond donors (Lipinski definition) is 2. The van der Waals surface area contributed by atoms with Gasteiger partial charge in [0.1, 0.15) is 11.9 Å². The number of aliphatic hydroxyl groups is 1. The van der Waals surface area contributed by atoms with Crippen LogP contribution < -0.4 is 5.32 Å². The standard InChI is InChI=1S/C30H41N3O6S2/c1-5-23(6-2)18-33(41(37,38)25-14-15-26-29(17-25)40-20-31-26)19-28(35)27(16-24-10-8-7-9-11-24)32-30(36)39-22(4)13-12-21(3)34/h7-11,14-15,17,20,22-23,27-28,35H,5-6,12-13,16,18-19H2,1-4H3,(H,32,36)/t22-,27?,28+/m0/s1. The van der Waals surface area contributed by atoms with E-state index >= 15 is 0 Å². The molecule has 0 aliphatic heterocycles. The number of rotatable bonds is 16. The number of nitrogens with zero attached hydrogens (tertiary/aromatic N) is 2. The summed E-state index contributed by atoms with van der Waals surface area (Å²) < 4.78 is 35.4. The number of amides is 1. The second-order valence-corrected chi connectivity index (χ2v) is 13.3. The van der Waals surface area contributed by atoms with Crippen molar-refractivity contribution in [3.05, 3.63) is 59.6 Å². The van der Waals surface area contributed by atoms with Crippen LogP contribution in [0.25, 0.3) is 10.2 Å². The average molecular weight is 604 g/mol. The molecule has 0 aliphatic rings. The summed E-state index contributed by atoms with van der Waals surface area (Å²) in [5, 5.41) is 14.2. The van der Waals surface area contributed by atoms with Gasteiger partial charge in [0, 0.05) is 19.5 Å². The van der Waals surface area contributed by atoms with Crippen LogP contribution in [0.2, 0.25) is 0 Å². The number of ether oxygens (including phenoxy) is 1. The monoisotopic (exact) mass is 603 g/mol. The fourth-order valence-electron chi connectivity index (χ4n) is 4.57. The lowest BCUT2D eigenvalue weighted by atomic mass is 10.0. The Morgan fingerprint density at radius 3 is 2.46 bits per heavy atom. The van der Waals surface area contributed by atoms with Crippen LogP contribution in [0, 0.1) is 5.92 Å². The molecule has 3 aromatic rings. The summed E-state index contributed by atoms with van der Waals surface area (Å²) in [6.07, 6.45) is 0.0519. The van der Waals surface area contributed by atoms with Crippen LogP contribution in [0.1, 0.15) is 58.9 Å². The second-order valence-electron chi connectivity index (χ2n) is 10.5. The maximum atomic E-state index is 13.9. The fraction of sp³-hybridized carbons (Fsp3) is 0.500. The van der Waals surface area contributed by atoms with Crippen LogP contribution in [-0.4, -0.2) is 66.0 Å². The van der Waals surface area contributed by atoms with Gasteiger partial charge >= 0.3 is 6.09 Å². The van der Waals surface area contributed by atoms with Crippen molar-refractivity contribution in [2.24, 2.45) is 5.92 Å². The van der Waals surface area contributed by atoms with Gasteiger partial charge in [0.15, 0.2) is 0 Å². The molecule has 0 bridgehead atoms. The smallest absolute Gasteiger partial charge is 0.407 e. The molecule has 1 aromatic heterocycles. The van der Waals surface area contributed by atoms with E-state index in [1.165, 1.54) is 22.6 Å². The Bertz CT molecular complexity index is 1380. The minimum Gasteiger partial charge on any atom is -0.447 e. The van der Waals surface area contributed by atoms with E-state index in [1.807, 2.05) is 44.2 Å². The lowest BCUT2D eigenvalue weighted by Gasteiger charge is -2.31. The summed E-state index contributed by atoms with van der Waals surface area (Å²) >= 11 is 1.37. The number of benzene rings is 2. The molecule has 1 unspecified atom stereocenters. The van der Waals surface area contributed by atoms with E-state index in [9.17, 15) is 23.1 Å². The van der Waals surface area contributed by atoms with Gasteiger partial charge in [0.2, 0.25) is 10.0 Å². The largest absolute Gasteiger partial charge is 0.447 e. The van der Waals surface area contributed by atoms with Gasteiger partial charge in [-0.05, 0) is 56.4 Å². The first-order valence-electron chi connectivity index (χ1n) is 14.0. The van der Waals surface area contributed by atoms with Gasteiger partial charge in [-0.25, -0.2) is 18.2 Å². The summed E-state index contributed by atoms with van der Waals surface area (Å²) in [4.78, 5) is 28.5. The highest BCUT2D eigenvalue weighted by atomic mass is 32.2.